The highest BCUT2D eigenvalue weighted by molar-refractivity contribution is 5.73. The Morgan fingerprint density at radius 3 is 2.52 bits per heavy atom. The van der Waals surface area contributed by atoms with Crippen molar-refractivity contribution in [3.8, 4) is 0 Å². The molecule has 1 heterocycles. The van der Waals surface area contributed by atoms with Gasteiger partial charge in [0.25, 0.3) is 0 Å². The quantitative estimate of drug-likeness (QED) is 0.640. The van der Waals surface area contributed by atoms with Crippen LogP contribution >= 0.6 is 0 Å². The zero-order valence-electron chi connectivity index (χ0n) is 13.5. The van der Waals surface area contributed by atoms with Gasteiger partial charge < -0.3 is 20.3 Å². The van der Waals surface area contributed by atoms with Crippen molar-refractivity contribution in [2.45, 2.75) is 47.0 Å². The molecule has 0 radical (unpaired) electrons. The third kappa shape index (κ3) is 6.16. The second kappa shape index (κ2) is 8.02. The third-order valence-electron chi connectivity index (χ3n) is 3.59. The fraction of sp³-hybridized carbons (Fsp3) is 0.733. The maximum absolute atomic E-state index is 11.6. The predicted octanol–water partition coefficient (Wildman–Crippen LogP) is 1.93. The van der Waals surface area contributed by atoms with Crippen molar-refractivity contribution in [1.82, 2.24) is 15.8 Å². The topological polar surface area (TPSA) is 87.4 Å². The summed E-state index contributed by atoms with van der Waals surface area (Å²) in [6, 6.07) is -0.163. The lowest BCUT2D eigenvalue weighted by Crippen LogP contribution is -2.37. The summed E-state index contributed by atoms with van der Waals surface area (Å²) in [5.41, 5.74) is 1.85. The molecule has 0 unspecified atom stereocenters. The van der Waals surface area contributed by atoms with Crippen LogP contribution in [0.4, 0.5) is 4.79 Å². The van der Waals surface area contributed by atoms with Crippen LogP contribution in [0.25, 0.3) is 0 Å². The van der Waals surface area contributed by atoms with E-state index in [9.17, 15) is 4.79 Å². The van der Waals surface area contributed by atoms with Crippen LogP contribution in [0.3, 0.4) is 0 Å². The number of nitrogens with one attached hydrogen (secondary N) is 2. The van der Waals surface area contributed by atoms with Crippen LogP contribution < -0.4 is 10.6 Å². The van der Waals surface area contributed by atoms with Crippen molar-refractivity contribution in [1.29, 1.82) is 0 Å². The van der Waals surface area contributed by atoms with Gasteiger partial charge in [0.1, 0.15) is 5.76 Å². The molecule has 0 fully saturated rings. The Balaban J connectivity index is 2.15. The molecule has 0 atom stereocenters. The van der Waals surface area contributed by atoms with Gasteiger partial charge in [0.2, 0.25) is 0 Å². The van der Waals surface area contributed by atoms with Crippen molar-refractivity contribution in [3.63, 3.8) is 0 Å². The fourth-order valence-electron chi connectivity index (χ4n) is 2.07. The molecule has 0 aliphatic heterocycles. The average Bonchev–Trinajstić information content (AvgIpc) is 2.75. The SMILES string of the molecule is Cc1noc(C)c1CCNC(=O)NCCCC(C)(C)CO. The molecular weight excluding hydrogens is 270 g/mol. The van der Waals surface area contributed by atoms with Gasteiger partial charge in [-0.1, -0.05) is 19.0 Å². The maximum Gasteiger partial charge on any atom is 0.314 e. The monoisotopic (exact) mass is 297 g/mol. The summed E-state index contributed by atoms with van der Waals surface area (Å²) < 4.78 is 5.08. The van der Waals surface area contributed by atoms with E-state index in [-0.39, 0.29) is 18.1 Å². The van der Waals surface area contributed by atoms with Crippen molar-refractivity contribution in [2.24, 2.45) is 5.41 Å². The number of aliphatic hydroxyl groups is 1. The summed E-state index contributed by atoms with van der Waals surface area (Å²) >= 11 is 0. The Hall–Kier alpha value is -1.56. The number of aliphatic hydroxyl groups excluding tert-OH is 1. The first kappa shape index (κ1) is 17.5. The molecule has 0 spiro atoms. The second-order valence-corrected chi connectivity index (χ2v) is 6.16. The van der Waals surface area contributed by atoms with Gasteiger partial charge in [0.15, 0.2) is 0 Å². The Bertz CT molecular complexity index is 436. The van der Waals surface area contributed by atoms with E-state index < -0.39 is 0 Å². The highest BCUT2D eigenvalue weighted by atomic mass is 16.5. The van der Waals surface area contributed by atoms with Crippen LogP contribution in [0.5, 0.6) is 0 Å². The largest absolute Gasteiger partial charge is 0.396 e. The van der Waals surface area contributed by atoms with E-state index in [1.807, 2.05) is 27.7 Å². The minimum absolute atomic E-state index is 0.0819. The van der Waals surface area contributed by atoms with Crippen molar-refractivity contribution in [3.05, 3.63) is 17.0 Å². The number of carbonyl (C=O) groups is 1. The maximum atomic E-state index is 11.6. The molecular formula is C15H27N3O3. The van der Waals surface area contributed by atoms with Gasteiger partial charge in [-0.15, -0.1) is 0 Å². The Morgan fingerprint density at radius 1 is 1.29 bits per heavy atom. The molecule has 6 nitrogen and oxygen atoms in total. The van der Waals surface area contributed by atoms with Gasteiger partial charge in [-0.25, -0.2) is 4.79 Å². The average molecular weight is 297 g/mol. The van der Waals surface area contributed by atoms with E-state index >= 15 is 0 Å². The highest BCUT2D eigenvalue weighted by Gasteiger charge is 2.15. The standard InChI is InChI=1S/C15H27N3O3/c1-11-13(12(2)21-18-11)6-9-17-14(20)16-8-5-7-15(3,4)10-19/h19H,5-10H2,1-4H3,(H2,16,17,20). The zero-order valence-corrected chi connectivity index (χ0v) is 13.5. The molecule has 3 N–H and O–H groups in total. The Labute approximate surface area is 126 Å². The summed E-state index contributed by atoms with van der Waals surface area (Å²) in [5, 5.41) is 18.7. The first-order valence-electron chi connectivity index (χ1n) is 7.40. The van der Waals surface area contributed by atoms with E-state index in [1.54, 1.807) is 0 Å². The number of rotatable bonds is 8. The minimum atomic E-state index is -0.163. The smallest absolute Gasteiger partial charge is 0.314 e. The predicted molar refractivity (Wildman–Crippen MR) is 81.2 cm³/mol. The number of carbonyl (C=O) groups excluding carboxylic acids is 1. The molecule has 0 aliphatic carbocycles. The summed E-state index contributed by atoms with van der Waals surface area (Å²) in [4.78, 5) is 11.6. The van der Waals surface area contributed by atoms with E-state index in [2.05, 4.69) is 15.8 Å². The lowest BCUT2D eigenvalue weighted by molar-refractivity contribution is 0.148. The Kier molecular flexibility index (Phi) is 6.68. The summed E-state index contributed by atoms with van der Waals surface area (Å²) in [5.74, 6) is 0.806. The molecule has 0 aliphatic rings. The number of amides is 2. The number of aryl methyl sites for hydroxylation is 2. The first-order chi connectivity index (χ1) is 9.85. The molecule has 0 aromatic carbocycles. The molecule has 2 amide bonds. The normalized spacial score (nSPS) is 11.5. The van der Waals surface area contributed by atoms with Gasteiger partial charge in [0, 0.05) is 25.3 Å². The van der Waals surface area contributed by atoms with Crippen LogP contribution in [0.2, 0.25) is 0 Å². The molecule has 0 saturated carbocycles. The molecule has 1 aromatic rings. The van der Waals surface area contributed by atoms with Crippen LogP contribution in [0.1, 0.15) is 43.7 Å². The molecule has 1 rings (SSSR count). The fourth-order valence-corrected chi connectivity index (χ4v) is 2.07. The molecule has 1 aromatic heterocycles. The lowest BCUT2D eigenvalue weighted by Gasteiger charge is -2.21. The van der Waals surface area contributed by atoms with Crippen LogP contribution in [0.15, 0.2) is 4.52 Å². The van der Waals surface area contributed by atoms with Gasteiger partial charge in [-0.3, -0.25) is 0 Å². The van der Waals surface area contributed by atoms with E-state index in [0.29, 0.717) is 19.5 Å². The minimum Gasteiger partial charge on any atom is -0.396 e. The van der Waals surface area contributed by atoms with Crippen molar-refractivity contribution >= 4 is 6.03 Å². The second-order valence-electron chi connectivity index (χ2n) is 6.16. The molecule has 0 saturated heterocycles. The Morgan fingerprint density at radius 2 is 1.95 bits per heavy atom. The van der Waals surface area contributed by atoms with Crippen molar-refractivity contribution in [2.75, 3.05) is 19.7 Å². The van der Waals surface area contributed by atoms with Gasteiger partial charge >= 0.3 is 6.03 Å². The third-order valence-corrected chi connectivity index (χ3v) is 3.59. The van der Waals surface area contributed by atoms with Gasteiger partial charge in [0.05, 0.1) is 5.69 Å². The first-order valence-corrected chi connectivity index (χ1v) is 7.40. The van der Waals surface area contributed by atoms with E-state index in [4.69, 9.17) is 9.63 Å². The number of nitrogens with zero attached hydrogens (tertiary/aromatic N) is 1. The lowest BCUT2D eigenvalue weighted by atomic mass is 9.89. The summed E-state index contributed by atoms with van der Waals surface area (Å²) in [6.07, 6.45) is 2.44. The van der Waals surface area contributed by atoms with Crippen molar-refractivity contribution < 1.29 is 14.4 Å². The molecule has 0 bridgehead atoms. The molecule has 6 heteroatoms. The van der Waals surface area contributed by atoms with Crippen LogP contribution in [-0.4, -0.2) is 36.0 Å². The van der Waals surface area contributed by atoms with Crippen LogP contribution in [0, 0.1) is 19.3 Å². The number of urea groups is 1. The zero-order chi connectivity index (χ0) is 15.9. The van der Waals surface area contributed by atoms with Gasteiger partial charge in [-0.2, -0.15) is 0 Å². The summed E-state index contributed by atoms with van der Waals surface area (Å²) in [7, 11) is 0. The number of hydrogen-bond donors (Lipinski definition) is 3. The number of aromatic nitrogens is 1. The van der Waals surface area contributed by atoms with Gasteiger partial charge in [-0.05, 0) is 38.5 Å². The van der Waals surface area contributed by atoms with E-state index in [0.717, 1.165) is 29.9 Å². The molecule has 21 heavy (non-hydrogen) atoms. The number of hydrogen-bond acceptors (Lipinski definition) is 4. The molecule has 120 valence electrons. The summed E-state index contributed by atoms with van der Waals surface area (Å²) in [6.45, 7) is 9.12. The van der Waals surface area contributed by atoms with Crippen LogP contribution in [-0.2, 0) is 6.42 Å². The van der Waals surface area contributed by atoms with E-state index in [1.165, 1.54) is 0 Å². The highest BCUT2D eigenvalue weighted by Crippen LogP contribution is 2.20.